The van der Waals surface area contributed by atoms with E-state index in [2.05, 4.69) is 42.5 Å². The van der Waals surface area contributed by atoms with E-state index in [1.807, 2.05) is 10.9 Å². The van der Waals surface area contributed by atoms with Gasteiger partial charge in [0.2, 0.25) is 0 Å². The number of nitrogens with two attached hydrogens (primary N) is 1. The van der Waals surface area contributed by atoms with Gasteiger partial charge in [0.05, 0.1) is 12.2 Å². The Kier molecular flexibility index (Phi) is 5.57. The Balaban J connectivity index is 2.03. The molecule has 0 aliphatic carbocycles. The highest BCUT2D eigenvalue weighted by molar-refractivity contribution is 5.10. The monoisotopic (exact) mass is 279 g/mol. The van der Waals surface area contributed by atoms with Crippen LogP contribution in [-0.4, -0.2) is 33.4 Å². The highest BCUT2D eigenvalue weighted by atomic mass is 15.5. The van der Waals surface area contributed by atoms with Crippen LogP contribution in [0.5, 0.6) is 0 Å². The predicted octanol–water partition coefficient (Wildman–Crippen LogP) is 2.06. The van der Waals surface area contributed by atoms with Crippen LogP contribution in [0.3, 0.4) is 0 Å². The largest absolute Gasteiger partial charge is 0.329 e. The molecule has 5 nitrogen and oxygen atoms in total. The third-order valence-corrected chi connectivity index (χ3v) is 4.24. The number of rotatable bonds is 6. The fourth-order valence-electron chi connectivity index (χ4n) is 3.03. The first-order chi connectivity index (χ1) is 9.65. The van der Waals surface area contributed by atoms with Gasteiger partial charge in [0.25, 0.3) is 0 Å². The lowest BCUT2D eigenvalue weighted by Gasteiger charge is -2.41. The summed E-state index contributed by atoms with van der Waals surface area (Å²) in [6, 6.07) is 1.29. The maximum atomic E-state index is 5.97. The molecule has 0 spiro atoms. The molecule has 0 saturated carbocycles. The molecule has 3 atom stereocenters. The van der Waals surface area contributed by atoms with E-state index in [9.17, 15) is 0 Å². The van der Waals surface area contributed by atoms with Gasteiger partial charge in [-0.05, 0) is 33.1 Å². The molecule has 0 aromatic carbocycles. The fourth-order valence-corrected chi connectivity index (χ4v) is 3.03. The molecule has 2 rings (SSSR count). The Bertz CT molecular complexity index is 393. The Morgan fingerprint density at radius 3 is 2.70 bits per heavy atom. The lowest BCUT2D eigenvalue weighted by atomic mass is 9.99. The Morgan fingerprint density at radius 2 is 2.10 bits per heavy atom. The van der Waals surface area contributed by atoms with Gasteiger partial charge in [-0.3, -0.25) is 4.68 Å². The summed E-state index contributed by atoms with van der Waals surface area (Å²) in [5.41, 5.74) is 10.8. The quantitative estimate of drug-likeness (QED) is 0.837. The molecule has 1 aromatic heterocycles. The molecule has 3 unspecified atom stereocenters. The summed E-state index contributed by atoms with van der Waals surface area (Å²) < 4.78 is 2.00. The minimum atomic E-state index is 0.156. The van der Waals surface area contributed by atoms with Crippen LogP contribution in [0.4, 0.5) is 0 Å². The molecule has 1 aliphatic heterocycles. The fraction of sp³-hybridized carbons (Fsp3) is 0.800. The lowest BCUT2D eigenvalue weighted by molar-refractivity contribution is 0.0304. The van der Waals surface area contributed by atoms with Crippen LogP contribution in [0.25, 0.3) is 0 Å². The van der Waals surface area contributed by atoms with E-state index in [1.165, 1.54) is 24.8 Å². The van der Waals surface area contributed by atoms with Crippen molar-refractivity contribution in [2.24, 2.45) is 5.73 Å². The molecule has 0 radical (unpaired) electrons. The molecule has 3 N–H and O–H groups in total. The molecule has 1 aromatic rings. The van der Waals surface area contributed by atoms with Crippen LogP contribution in [0.15, 0.2) is 12.4 Å². The zero-order valence-electron chi connectivity index (χ0n) is 13.0. The van der Waals surface area contributed by atoms with E-state index in [0.29, 0.717) is 18.6 Å². The minimum Gasteiger partial charge on any atom is -0.329 e. The van der Waals surface area contributed by atoms with Crippen molar-refractivity contribution in [2.75, 3.05) is 6.54 Å². The number of hydrogen-bond acceptors (Lipinski definition) is 4. The van der Waals surface area contributed by atoms with E-state index in [4.69, 9.17) is 5.73 Å². The maximum Gasteiger partial charge on any atom is 0.0618 e. The molecule has 1 fully saturated rings. The summed E-state index contributed by atoms with van der Waals surface area (Å²) in [4.78, 5) is 0. The average molecular weight is 279 g/mol. The standard InChI is InChI=1S/C15H29N5/c1-4-8-19-11-14(10-17-19)15(9-16)18-20-12(2)6-5-7-13(20)3/h10-13,15,18H,4-9,16H2,1-3H3. The summed E-state index contributed by atoms with van der Waals surface area (Å²) in [6.07, 6.45) is 8.99. The first-order valence-corrected chi connectivity index (χ1v) is 7.92. The second-order valence-electron chi connectivity index (χ2n) is 5.99. The number of hydrogen-bond donors (Lipinski definition) is 2. The van der Waals surface area contributed by atoms with Gasteiger partial charge in [0, 0.05) is 36.9 Å². The van der Waals surface area contributed by atoms with Crippen molar-refractivity contribution < 1.29 is 0 Å². The lowest BCUT2D eigenvalue weighted by Crippen LogP contribution is -2.54. The molecule has 5 heteroatoms. The van der Waals surface area contributed by atoms with Crippen molar-refractivity contribution in [1.29, 1.82) is 0 Å². The molecule has 1 saturated heterocycles. The van der Waals surface area contributed by atoms with Gasteiger partial charge in [-0.15, -0.1) is 0 Å². The first-order valence-electron chi connectivity index (χ1n) is 7.92. The van der Waals surface area contributed by atoms with Crippen LogP contribution in [0.1, 0.15) is 58.1 Å². The van der Waals surface area contributed by atoms with Crippen molar-refractivity contribution >= 4 is 0 Å². The Morgan fingerprint density at radius 1 is 1.40 bits per heavy atom. The van der Waals surface area contributed by atoms with Gasteiger partial charge in [0.1, 0.15) is 0 Å². The highest BCUT2D eigenvalue weighted by Crippen LogP contribution is 2.23. The Hall–Kier alpha value is -0.910. The Labute approximate surface area is 122 Å². The van der Waals surface area contributed by atoms with Crippen LogP contribution >= 0.6 is 0 Å². The summed E-state index contributed by atoms with van der Waals surface area (Å²) in [5, 5.41) is 6.80. The van der Waals surface area contributed by atoms with Gasteiger partial charge in [-0.2, -0.15) is 5.10 Å². The average Bonchev–Trinajstić information content (AvgIpc) is 2.87. The van der Waals surface area contributed by atoms with E-state index in [-0.39, 0.29) is 6.04 Å². The zero-order valence-corrected chi connectivity index (χ0v) is 13.0. The van der Waals surface area contributed by atoms with Crippen LogP contribution in [-0.2, 0) is 6.54 Å². The van der Waals surface area contributed by atoms with Crippen molar-refractivity contribution in [3.05, 3.63) is 18.0 Å². The van der Waals surface area contributed by atoms with Crippen molar-refractivity contribution in [3.63, 3.8) is 0 Å². The second-order valence-corrected chi connectivity index (χ2v) is 5.99. The maximum absolute atomic E-state index is 5.97. The number of piperidine rings is 1. The van der Waals surface area contributed by atoms with E-state index < -0.39 is 0 Å². The molecule has 1 aliphatic rings. The van der Waals surface area contributed by atoms with E-state index in [0.717, 1.165) is 13.0 Å². The number of aryl methyl sites for hydroxylation is 1. The zero-order chi connectivity index (χ0) is 14.5. The molecule has 114 valence electrons. The van der Waals surface area contributed by atoms with Crippen molar-refractivity contribution in [1.82, 2.24) is 20.2 Å². The second kappa shape index (κ2) is 7.20. The van der Waals surface area contributed by atoms with Gasteiger partial charge >= 0.3 is 0 Å². The van der Waals surface area contributed by atoms with Gasteiger partial charge in [-0.25, -0.2) is 10.4 Å². The van der Waals surface area contributed by atoms with Crippen LogP contribution in [0, 0.1) is 0 Å². The minimum absolute atomic E-state index is 0.156. The van der Waals surface area contributed by atoms with Gasteiger partial charge in [-0.1, -0.05) is 13.3 Å². The number of aromatic nitrogens is 2. The SMILES string of the molecule is CCCn1cc(C(CN)NN2C(C)CCCC2C)cn1. The summed E-state index contributed by atoms with van der Waals surface area (Å²) in [5.74, 6) is 0. The van der Waals surface area contributed by atoms with Gasteiger partial charge < -0.3 is 5.73 Å². The molecule has 20 heavy (non-hydrogen) atoms. The number of hydrazine groups is 1. The highest BCUT2D eigenvalue weighted by Gasteiger charge is 2.27. The summed E-state index contributed by atoms with van der Waals surface area (Å²) >= 11 is 0. The first kappa shape index (κ1) is 15.5. The summed E-state index contributed by atoms with van der Waals surface area (Å²) in [6.45, 7) is 8.30. The van der Waals surface area contributed by atoms with E-state index >= 15 is 0 Å². The van der Waals surface area contributed by atoms with Crippen molar-refractivity contribution in [2.45, 2.75) is 71.1 Å². The van der Waals surface area contributed by atoms with Crippen molar-refractivity contribution in [3.8, 4) is 0 Å². The number of nitrogens with zero attached hydrogens (tertiary/aromatic N) is 3. The predicted molar refractivity (Wildman–Crippen MR) is 82.1 cm³/mol. The molecule has 0 amide bonds. The van der Waals surface area contributed by atoms with Crippen LogP contribution in [0.2, 0.25) is 0 Å². The molecule has 2 heterocycles. The van der Waals surface area contributed by atoms with Gasteiger partial charge in [0.15, 0.2) is 0 Å². The molecule has 0 bridgehead atoms. The third kappa shape index (κ3) is 3.59. The smallest absolute Gasteiger partial charge is 0.0618 e. The number of nitrogens with one attached hydrogen (secondary N) is 1. The molecular formula is C15H29N5. The third-order valence-electron chi connectivity index (χ3n) is 4.24. The summed E-state index contributed by atoms with van der Waals surface area (Å²) in [7, 11) is 0. The molecular weight excluding hydrogens is 250 g/mol. The van der Waals surface area contributed by atoms with E-state index in [1.54, 1.807) is 0 Å². The topological polar surface area (TPSA) is 59.1 Å². The van der Waals surface area contributed by atoms with Crippen LogP contribution < -0.4 is 11.2 Å². The normalized spacial score (nSPS) is 25.8.